The monoisotopic (exact) mass is 314 g/mol. The highest BCUT2D eigenvalue weighted by atomic mass is 16.3. The molecule has 0 bridgehead atoms. The van der Waals surface area contributed by atoms with Crippen LogP contribution in [0, 0.1) is 0 Å². The van der Waals surface area contributed by atoms with E-state index >= 15 is 0 Å². The molecular formula is C18H22N2O3. The third kappa shape index (κ3) is 3.45. The highest BCUT2D eigenvalue weighted by Crippen LogP contribution is 2.22. The molecule has 0 saturated carbocycles. The quantitative estimate of drug-likeness (QED) is 0.904. The van der Waals surface area contributed by atoms with Crippen molar-refractivity contribution in [2.45, 2.75) is 44.8 Å². The molecule has 1 aromatic heterocycles. The lowest BCUT2D eigenvalue weighted by Gasteiger charge is -2.25. The third-order valence-electron chi connectivity index (χ3n) is 4.48. The Morgan fingerprint density at radius 2 is 2.22 bits per heavy atom. The number of rotatable bonds is 4. The molecule has 5 nitrogen and oxygen atoms in total. The van der Waals surface area contributed by atoms with Gasteiger partial charge in [-0.15, -0.1) is 0 Å². The number of aliphatic hydroxyl groups is 1. The Balaban J connectivity index is 1.80. The Morgan fingerprint density at radius 3 is 3.00 bits per heavy atom. The predicted octanol–water partition coefficient (Wildman–Crippen LogP) is 1.83. The van der Waals surface area contributed by atoms with Gasteiger partial charge in [-0.25, -0.2) is 0 Å². The average molecular weight is 314 g/mol. The zero-order valence-electron chi connectivity index (χ0n) is 13.3. The first-order valence-corrected chi connectivity index (χ1v) is 8.13. The number of likely N-dealkylation sites (tertiary alicyclic amines) is 1. The van der Waals surface area contributed by atoms with E-state index < -0.39 is 6.10 Å². The average Bonchev–Trinajstić information content (AvgIpc) is 2.95. The molecule has 0 spiro atoms. The number of fused-ring (bicyclic) bond motifs is 1. The van der Waals surface area contributed by atoms with Crippen molar-refractivity contribution in [1.82, 2.24) is 9.88 Å². The number of nitrogens with zero attached hydrogens (tertiary/aromatic N) is 1. The molecule has 1 aliphatic rings. The number of hydrogen-bond acceptors (Lipinski definition) is 3. The van der Waals surface area contributed by atoms with Gasteiger partial charge in [0, 0.05) is 23.7 Å². The second kappa shape index (κ2) is 6.54. The van der Waals surface area contributed by atoms with Crippen molar-refractivity contribution < 1.29 is 9.90 Å². The minimum absolute atomic E-state index is 0.0334. The third-order valence-corrected chi connectivity index (χ3v) is 4.48. The van der Waals surface area contributed by atoms with E-state index in [4.69, 9.17) is 0 Å². The van der Waals surface area contributed by atoms with E-state index in [9.17, 15) is 14.7 Å². The molecule has 3 rings (SSSR count). The van der Waals surface area contributed by atoms with Gasteiger partial charge in [0.25, 0.3) is 5.56 Å². The molecule has 0 radical (unpaired) electrons. The van der Waals surface area contributed by atoms with Crippen LogP contribution < -0.4 is 5.56 Å². The lowest BCUT2D eigenvalue weighted by molar-refractivity contribution is -0.131. The van der Waals surface area contributed by atoms with Crippen LogP contribution >= 0.6 is 0 Å². The molecule has 2 heterocycles. The standard InChI is InChI=1S/C18H22N2O3/c1-12(21)9-15-6-4-8-20(15)17(22)11-14-10-13-5-2-3-7-16(13)19-18(14)23/h2-3,5,7,10,12,15,21H,4,6,8-9,11H2,1H3,(H,19,23). The molecule has 2 aromatic rings. The van der Waals surface area contributed by atoms with Crippen molar-refractivity contribution >= 4 is 16.8 Å². The molecule has 1 amide bonds. The lowest BCUT2D eigenvalue weighted by Crippen LogP contribution is -2.38. The number of hydrogen-bond donors (Lipinski definition) is 2. The maximum atomic E-state index is 12.6. The minimum atomic E-state index is -0.419. The van der Waals surface area contributed by atoms with E-state index in [1.54, 1.807) is 13.0 Å². The minimum Gasteiger partial charge on any atom is -0.393 e. The van der Waals surface area contributed by atoms with Crippen LogP contribution in [0.1, 0.15) is 31.7 Å². The number of pyridine rings is 1. The van der Waals surface area contributed by atoms with Crippen LogP contribution in [0.25, 0.3) is 10.9 Å². The van der Waals surface area contributed by atoms with E-state index in [-0.39, 0.29) is 23.9 Å². The van der Waals surface area contributed by atoms with Gasteiger partial charge in [-0.1, -0.05) is 18.2 Å². The molecule has 2 atom stereocenters. The van der Waals surface area contributed by atoms with Gasteiger partial charge in [0.1, 0.15) is 0 Å². The van der Waals surface area contributed by atoms with Crippen molar-refractivity contribution in [3.63, 3.8) is 0 Å². The van der Waals surface area contributed by atoms with Gasteiger partial charge in [0.2, 0.25) is 5.91 Å². The fourth-order valence-electron chi connectivity index (χ4n) is 3.39. The fraction of sp³-hybridized carbons (Fsp3) is 0.444. The summed E-state index contributed by atoms with van der Waals surface area (Å²) in [5, 5.41) is 10.5. The van der Waals surface area contributed by atoms with E-state index in [1.807, 2.05) is 29.2 Å². The van der Waals surface area contributed by atoms with Crippen LogP contribution in [-0.4, -0.2) is 39.6 Å². The fourth-order valence-corrected chi connectivity index (χ4v) is 3.39. The number of para-hydroxylation sites is 1. The molecule has 5 heteroatoms. The topological polar surface area (TPSA) is 73.4 Å². The molecular weight excluding hydrogens is 292 g/mol. The summed E-state index contributed by atoms with van der Waals surface area (Å²) in [6, 6.07) is 9.43. The van der Waals surface area contributed by atoms with Gasteiger partial charge in [-0.2, -0.15) is 0 Å². The van der Waals surface area contributed by atoms with Gasteiger partial charge < -0.3 is 15.0 Å². The first kappa shape index (κ1) is 15.7. The Morgan fingerprint density at radius 1 is 1.43 bits per heavy atom. The second-order valence-corrected chi connectivity index (χ2v) is 6.36. The summed E-state index contributed by atoms with van der Waals surface area (Å²) in [7, 11) is 0. The van der Waals surface area contributed by atoms with Crippen LogP contribution in [0.15, 0.2) is 35.1 Å². The number of carbonyl (C=O) groups excluding carboxylic acids is 1. The maximum absolute atomic E-state index is 12.6. The molecule has 23 heavy (non-hydrogen) atoms. The van der Waals surface area contributed by atoms with Gasteiger partial charge in [0.15, 0.2) is 0 Å². The number of H-pyrrole nitrogens is 1. The van der Waals surface area contributed by atoms with Crippen molar-refractivity contribution in [1.29, 1.82) is 0 Å². The highest BCUT2D eigenvalue weighted by Gasteiger charge is 2.29. The van der Waals surface area contributed by atoms with Gasteiger partial charge in [0.05, 0.1) is 12.5 Å². The van der Waals surface area contributed by atoms with Crippen molar-refractivity contribution in [2.75, 3.05) is 6.54 Å². The number of carbonyl (C=O) groups is 1. The van der Waals surface area contributed by atoms with Crippen molar-refractivity contribution in [2.24, 2.45) is 0 Å². The molecule has 1 fully saturated rings. The number of aromatic amines is 1. The molecule has 1 aliphatic heterocycles. The molecule has 0 aliphatic carbocycles. The Bertz CT molecular complexity index is 766. The molecule has 122 valence electrons. The molecule has 2 N–H and O–H groups in total. The first-order valence-electron chi connectivity index (χ1n) is 8.13. The SMILES string of the molecule is CC(O)CC1CCCN1C(=O)Cc1cc2ccccc2[nH]c1=O. The normalized spacial score (nSPS) is 19.2. The Hall–Kier alpha value is -2.14. The lowest BCUT2D eigenvalue weighted by atomic mass is 10.1. The van der Waals surface area contributed by atoms with Gasteiger partial charge >= 0.3 is 0 Å². The number of nitrogens with one attached hydrogen (secondary N) is 1. The van der Waals surface area contributed by atoms with E-state index in [2.05, 4.69) is 4.98 Å². The van der Waals surface area contributed by atoms with Crippen LogP contribution in [0.4, 0.5) is 0 Å². The summed E-state index contributed by atoms with van der Waals surface area (Å²) in [4.78, 5) is 29.4. The van der Waals surface area contributed by atoms with E-state index in [0.29, 0.717) is 18.5 Å². The number of aromatic nitrogens is 1. The summed E-state index contributed by atoms with van der Waals surface area (Å²) < 4.78 is 0. The maximum Gasteiger partial charge on any atom is 0.252 e. The predicted molar refractivity (Wildman–Crippen MR) is 89.3 cm³/mol. The van der Waals surface area contributed by atoms with Gasteiger partial charge in [-0.3, -0.25) is 9.59 Å². The van der Waals surface area contributed by atoms with E-state index in [1.165, 1.54) is 0 Å². The number of aliphatic hydroxyl groups excluding tert-OH is 1. The van der Waals surface area contributed by atoms with Crippen LogP contribution in [-0.2, 0) is 11.2 Å². The van der Waals surface area contributed by atoms with Crippen molar-refractivity contribution in [3.05, 3.63) is 46.2 Å². The molecule has 2 unspecified atom stereocenters. The largest absolute Gasteiger partial charge is 0.393 e. The Kier molecular flexibility index (Phi) is 4.48. The molecule has 1 saturated heterocycles. The summed E-state index contributed by atoms with van der Waals surface area (Å²) >= 11 is 0. The van der Waals surface area contributed by atoms with Crippen LogP contribution in [0.5, 0.6) is 0 Å². The highest BCUT2D eigenvalue weighted by molar-refractivity contribution is 5.83. The molecule has 1 aromatic carbocycles. The zero-order valence-corrected chi connectivity index (χ0v) is 13.3. The van der Waals surface area contributed by atoms with Crippen molar-refractivity contribution in [3.8, 4) is 0 Å². The van der Waals surface area contributed by atoms with Crippen LogP contribution in [0.2, 0.25) is 0 Å². The smallest absolute Gasteiger partial charge is 0.252 e. The second-order valence-electron chi connectivity index (χ2n) is 6.36. The summed E-state index contributed by atoms with van der Waals surface area (Å²) in [6.45, 7) is 2.46. The van der Waals surface area contributed by atoms with Crippen LogP contribution in [0.3, 0.4) is 0 Å². The summed E-state index contributed by atoms with van der Waals surface area (Å²) in [5.41, 5.74) is 1.07. The summed E-state index contributed by atoms with van der Waals surface area (Å²) in [6.07, 6.45) is 2.16. The first-order chi connectivity index (χ1) is 11.0. The van der Waals surface area contributed by atoms with E-state index in [0.717, 1.165) is 23.7 Å². The van der Waals surface area contributed by atoms with Gasteiger partial charge in [-0.05, 0) is 43.7 Å². The number of amides is 1. The summed E-state index contributed by atoms with van der Waals surface area (Å²) in [5.74, 6) is -0.0334. The Labute approximate surface area is 134 Å². The zero-order chi connectivity index (χ0) is 16.4. The number of benzene rings is 1.